The van der Waals surface area contributed by atoms with Crippen molar-refractivity contribution in [2.24, 2.45) is 0 Å². The lowest BCUT2D eigenvalue weighted by molar-refractivity contribution is -0.0592. The van der Waals surface area contributed by atoms with Crippen molar-refractivity contribution < 1.29 is 23.8 Å². The molecule has 1 atom stereocenters. The molecule has 2 aliphatic heterocycles. The van der Waals surface area contributed by atoms with E-state index >= 15 is 0 Å². The van der Waals surface area contributed by atoms with Crippen LogP contribution in [-0.2, 0) is 24.4 Å². The van der Waals surface area contributed by atoms with Crippen LogP contribution >= 0.6 is 0 Å². The quantitative estimate of drug-likeness (QED) is 0.201. The van der Waals surface area contributed by atoms with E-state index in [1.54, 1.807) is 28.9 Å². The van der Waals surface area contributed by atoms with Gasteiger partial charge >= 0.3 is 5.97 Å². The van der Waals surface area contributed by atoms with Gasteiger partial charge in [0.2, 0.25) is 5.88 Å². The Balaban J connectivity index is 0.892. The van der Waals surface area contributed by atoms with Gasteiger partial charge in [0.15, 0.2) is 0 Å². The van der Waals surface area contributed by atoms with Gasteiger partial charge in [-0.25, -0.2) is 23.8 Å². The fraction of sp³-hybridized carbons (Fsp3) is 0.400. The highest BCUT2D eigenvalue weighted by Gasteiger charge is 2.28. The first-order valence-electron chi connectivity index (χ1n) is 16.3. The molecule has 0 spiro atoms. The molecule has 0 bridgehead atoms. The number of benzene rings is 2. The fourth-order valence-electron chi connectivity index (χ4n) is 6.50. The van der Waals surface area contributed by atoms with Crippen molar-refractivity contribution in [2.45, 2.75) is 69.7 Å². The zero-order chi connectivity index (χ0) is 31.9. The van der Waals surface area contributed by atoms with Gasteiger partial charge in [-0.2, -0.15) is 0 Å². The van der Waals surface area contributed by atoms with E-state index in [1.807, 2.05) is 30.5 Å². The van der Waals surface area contributed by atoms with Crippen LogP contribution in [0.3, 0.4) is 0 Å². The second kappa shape index (κ2) is 12.5. The van der Waals surface area contributed by atoms with Crippen molar-refractivity contribution in [2.75, 3.05) is 19.7 Å². The SMILES string of the molecule is O=C(O)c1ccc2nc(CN3CCC(c4cccc(OCc5ccc(-n6cc(C7CC7)nn6)cc5F)n4)CC3)n(CC3CCO3)c2c1. The van der Waals surface area contributed by atoms with Gasteiger partial charge in [0, 0.05) is 41.8 Å². The summed E-state index contributed by atoms with van der Waals surface area (Å²) >= 11 is 0. The molecule has 12 heteroatoms. The number of imidazole rings is 1. The third-order valence-corrected chi connectivity index (χ3v) is 9.55. The van der Waals surface area contributed by atoms with Crippen LogP contribution in [0.5, 0.6) is 5.88 Å². The van der Waals surface area contributed by atoms with Crippen LogP contribution in [0.25, 0.3) is 16.7 Å². The van der Waals surface area contributed by atoms with Crippen LogP contribution in [0.4, 0.5) is 4.39 Å². The zero-order valence-electron chi connectivity index (χ0n) is 26.0. The fourth-order valence-corrected chi connectivity index (χ4v) is 6.50. The van der Waals surface area contributed by atoms with Crippen LogP contribution in [0.15, 0.2) is 60.8 Å². The molecule has 3 aliphatic rings. The Hall–Kier alpha value is -4.68. The summed E-state index contributed by atoms with van der Waals surface area (Å²) in [6, 6.07) is 15.9. The standard InChI is InChI=1S/C35H36FN7O4/c36-28-17-26(43-19-31(39-40-43)22-4-5-22)8-6-25(28)21-47-34-3-1-2-29(38-34)23-10-13-41(14-11-23)20-33-37-30-9-7-24(35(44)45)16-32(30)42(33)18-27-12-15-46-27/h1-3,6-9,16-17,19,22-23,27H,4-5,10-15,18,20-21H2,(H,44,45). The van der Waals surface area contributed by atoms with Gasteiger partial charge in [0.25, 0.3) is 0 Å². The maximum Gasteiger partial charge on any atom is 0.335 e. The predicted octanol–water partition coefficient (Wildman–Crippen LogP) is 5.47. The number of carboxylic acids is 1. The molecule has 0 radical (unpaired) electrons. The van der Waals surface area contributed by atoms with E-state index < -0.39 is 5.97 Å². The number of likely N-dealkylation sites (tertiary alicyclic amines) is 1. The molecular weight excluding hydrogens is 601 g/mol. The maximum atomic E-state index is 15.0. The minimum absolute atomic E-state index is 0.0759. The molecule has 242 valence electrons. The molecule has 1 N–H and O–H groups in total. The molecule has 0 amide bonds. The summed E-state index contributed by atoms with van der Waals surface area (Å²) in [5.41, 5.74) is 4.91. The van der Waals surface area contributed by atoms with E-state index in [9.17, 15) is 14.3 Å². The van der Waals surface area contributed by atoms with Crippen LogP contribution in [0, 0.1) is 5.82 Å². The summed E-state index contributed by atoms with van der Waals surface area (Å²) in [5.74, 6) is 0.877. The van der Waals surface area contributed by atoms with Gasteiger partial charge in [0.05, 0.1) is 53.4 Å². The first-order valence-corrected chi connectivity index (χ1v) is 16.3. The molecule has 11 nitrogen and oxygen atoms in total. The summed E-state index contributed by atoms with van der Waals surface area (Å²) < 4.78 is 30.4. The Kier molecular flexibility index (Phi) is 7.90. The van der Waals surface area contributed by atoms with Gasteiger partial charge in [0.1, 0.15) is 18.2 Å². The van der Waals surface area contributed by atoms with Crippen molar-refractivity contribution in [3.8, 4) is 11.6 Å². The predicted molar refractivity (Wildman–Crippen MR) is 170 cm³/mol. The first-order chi connectivity index (χ1) is 23.0. The monoisotopic (exact) mass is 637 g/mol. The van der Waals surface area contributed by atoms with E-state index in [0.29, 0.717) is 36.1 Å². The first kappa shape index (κ1) is 29.7. The van der Waals surface area contributed by atoms with Crippen molar-refractivity contribution >= 4 is 17.0 Å². The number of pyridine rings is 1. The number of rotatable bonds is 11. The normalized spacial score (nSPS) is 18.8. The number of hydrogen-bond acceptors (Lipinski definition) is 8. The molecule has 3 aromatic heterocycles. The Labute approximate surface area is 271 Å². The molecule has 8 rings (SSSR count). The lowest BCUT2D eigenvalue weighted by Gasteiger charge is -2.32. The van der Waals surface area contributed by atoms with Gasteiger partial charge in [-0.05, 0) is 75.5 Å². The van der Waals surface area contributed by atoms with E-state index in [4.69, 9.17) is 19.4 Å². The Bertz CT molecular complexity index is 1920. The second-order valence-electron chi connectivity index (χ2n) is 12.8. The van der Waals surface area contributed by atoms with Crippen molar-refractivity contribution in [1.29, 1.82) is 0 Å². The van der Waals surface area contributed by atoms with Gasteiger partial charge < -0.3 is 19.1 Å². The summed E-state index contributed by atoms with van der Waals surface area (Å²) in [6.45, 7) is 3.94. The highest BCUT2D eigenvalue weighted by atomic mass is 19.1. The number of halogens is 1. The van der Waals surface area contributed by atoms with Gasteiger partial charge in [-0.1, -0.05) is 17.3 Å². The van der Waals surface area contributed by atoms with Gasteiger partial charge in [-0.15, -0.1) is 5.10 Å². The number of piperidine rings is 1. The minimum Gasteiger partial charge on any atom is -0.478 e. The average molecular weight is 638 g/mol. The largest absolute Gasteiger partial charge is 0.478 e. The van der Waals surface area contributed by atoms with Gasteiger partial charge in [-0.3, -0.25) is 4.90 Å². The smallest absolute Gasteiger partial charge is 0.335 e. The highest BCUT2D eigenvalue weighted by molar-refractivity contribution is 5.92. The van der Waals surface area contributed by atoms with Crippen molar-refractivity contribution in [3.63, 3.8) is 0 Å². The van der Waals surface area contributed by atoms with Crippen LogP contribution < -0.4 is 4.74 Å². The van der Waals surface area contributed by atoms with E-state index in [2.05, 4.69) is 19.8 Å². The minimum atomic E-state index is -0.946. The number of nitrogens with zero attached hydrogens (tertiary/aromatic N) is 7. The number of carbonyl (C=O) groups is 1. The Morgan fingerprint density at radius 1 is 0.979 bits per heavy atom. The average Bonchev–Trinajstić information content (AvgIpc) is 3.69. The van der Waals surface area contributed by atoms with E-state index in [1.165, 1.54) is 6.07 Å². The molecular formula is C35H36FN7O4. The number of aromatic nitrogens is 6. The van der Waals surface area contributed by atoms with Crippen LogP contribution in [0.1, 0.15) is 77.1 Å². The zero-order valence-corrected chi connectivity index (χ0v) is 26.0. The van der Waals surface area contributed by atoms with Crippen molar-refractivity contribution in [3.05, 3.63) is 95.0 Å². The molecule has 2 saturated heterocycles. The molecule has 5 aromatic rings. The molecule has 47 heavy (non-hydrogen) atoms. The lowest BCUT2D eigenvalue weighted by Crippen LogP contribution is -2.35. The summed E-state index contributed by atoms with van der Waals surface area (Å²) in [7, 11) is 0. The molecule has 1 saturated carbocycles. The number of aromatic carboxylic acids is 1. The van der Waals surface area contributed by atoms with Crippen LogP contribution in [0.2, 0.25) is 0 Å². The molecule has 1 aliphatic carbocycles. The van der Waals surface area contributed by atoms with E-state index in [0.717, 1.165) is 80.0 Å². The van der Waals surface area contributed by atoms with Crippen LogP contribution in [-0.4, -0.2) is 71.3 Å². The van der Waals surface area contributed by atoms with E-state index in [-0.39, 0.29) is 30.0 Å². The number of ether oxygens (including phenoxy) is 2. The molecule has 1 unspecified atom stereocenters. The number of fused-ring (bicyclic) bond motifs is 1. The van der Waals surface area contributed by atoms with Crippen molar-refractivity contribution in [1.82, 2.24) is 34.4 Å². The maximum absolute atomic E-state index is 15.0. The molecule has 2 aromatic carbocycles. The number of hydrogen-bond donors (Lipinski definition) is 1. The highest BCUT2D eigenvalue weighted by Crippen LogP contribution is 2.38. The Morgan fingerprint density at radius 2 is 1.81 bits per heavy atom. The summed E-state index contributed by atoms with van der Waals surface area (Å²) in [6.07, 6.45) is 7.14. The molecule has 5 heterocycles. The second-order valence-corrected chi connectivity index (χ2v) is 12.8. The third-order valence-electron chi connectivity index (χ3n) is 9.55. The Morgan fingerprint density at radius 3 is 2.55 bits per heavy atom. The topological polar surface area (TPSA) is 120 Å². The lowest BCUT2D eigenvalue weighted by atomic mass is 9.93. The number of carboxylic acid groups (broad SMARTS) is 1. The third kappa shape index (κ3) is 6.35. The molecule has 3 fully saturated rings. The summed E-state index contributed by atoms with van der Waals surface area (Å²) in [5, 5.41) is 17.9. The summed E-state index contributed by atoms with van der Waals surface area (Å²) in [4.78, 5) is 23.7.